The van der Waals surface area contributed by atoms with E-state index in [4.69, 9.17) is 0 Å². The summed E-state index contributed by atoms with van der Waals surface area (Å²) in [5.41, 5.74) is 1.44. The monoisotopic (exact) mass is 327 g/mol. The molecule has 0 saturated heterocycles. The van der Waals surface area contributed by atoms with Gasteiger partial charge in [0.15, 0.2) is 0 Å². The minimum atomic E-state index is -0.286. The Bertz CT molecular complexity index is 772. The van der Waals surface area contributed by atoms with Crippen molar-refractivity contribution in [2.45, 2.75) is 37.8 Å². The molecular weight excluding hydrogens is 308 g/mol. The van der Waals surface area contributed by atoms with Gasteiger partial charge in [0, 0.05) is 18.5 Å². The highest BCUT2D eigenvalue weighted by Crippen LogP contribution is 2.50. The van der Waals surface area contributed by atoms with Gasteiger partial charge in [-0.2, -0.15) is 0 Å². The third-order valence-corrected chi connectivity index (χ3v) is 4.93. The summed E-state index contributed by atoms with van der Waals surface area (Å²) in [5, 5.41) is 0. The summed E-state index contributed by atoms with van der Waals surface area (Å²) >= 11 is 0. The van der Waals surface area contributed by atoms with E-state index in [1.165, 1.54) is 18.2 Å². The molecule has 4 rings (SSSR count). The number of carbonyl (C=O) groups is 1. The first-order chi connectivity index (χ1) is 11.6. The number of carbonyl (C=O) groups excluding carboxylic acids is 1. The van der Waals surface area contributed by atoms with Gasteiger partial charge in [0.25, 0.3) is 0 Å². The first kappa shape index (κ1) is 15.3. The molecular formula is C20H19F2NO. The molecule has 0 radical (unpaired) electrons. The summed E-state index contributed by atoms with van der Waals surface area (Å²) in [6.07, 6.45) is 2.70. The molecule has 2 fully saturated rings. The van der Waals surface area contributed by atoms with Crippen LogP contribution in [0.5, 0.6) is 0 Å². The molecule has 124 valence electrons. The second-order valence-corrected chi connectivity index (χ2v) is 6.80. The highest BCUT2D eigenvalue weighted by Gasteiger charge is 2.49. The van der Waals surface area contributed by atoms with E-state index in [9.17, 15) is 13.6 Å². The van der Waals surface area contributed by atoms with Crippen LogP contribution in [-0.2, 0) is 11.3 Å². The maximum absolute atomic E-state index is 13.9. The van der Waals surface area contributed by atoms with E-state index in [0.717, 1.165) is 18.4 Å². The molecule has 2 atom stereocenters. The minimum absolute atomic E-state index is 0.0209. The smallest absolute Gasteiger partial charge is 0.226 e. The quantitative estimate of drug-likeness (QED) is 0.803. The zero-order chi connectivity index (χ0) is 16.7. The van der Waals surface area contributed by atoms with Crippen LogP contribution < -0.4 is 0 Å². The fraction of sp³-hybridized carbons (Fsp3) is 0.350. The summed E-state index contributed by atoms with van der Waals surface area (Å²) in [5.74, 6) is -0.606. The summed E-state index contributed by atoms with van der Waals surface area (Å²) in [6.45, 7) is 0.432. The first-order valence-electron chi connectivity index (χ1n) is 8.43. The molecule has 0 heterocycles. The SMILES string of the molecule is O=C(C1CC1c1ccccc1F)N(Cc1cccc(F)c1)C1CC1. The topological polar surface area (TPSA) is 20.3 Å². The fourth-order valence-electron chi connectivity index (χ4n) is 3.41. The summed E-state index contributed by atoms with van der Waals surface area (Å²) < 4.78 is 27.3. The number of hydrogen-bond donors (Lipinski definition) is 0. The fourth-order valence-corrected chi connectivity index (χ4v) is 3.41. The standard InChI is InChI=1S/C20H19F2NO/c21-14-5-3-4-13(10-14)12-23(15-8-9-15)20(24)18-11-17(18)16-6-1-2-7-19(16)22/h1-7,10,15,17-18H,8-9,11-12H2. The van der Waals surface area contributed by atoms with Crippen LogP contribution in [0.2, 0.25) is 0 Å². The predicted molar refractivity (Wildman–Crippen MR) is 87.2 cm³/mol. The van der Waals surface area contributed by atoms with E-state index < -0.39 is 0 Å². The highest BCUT2D eigenvalue weighted by molar-refractivity contribution is 5.83. The van der Waals surface area contributed by atoms with Crippen molar-refractivity contribution in [1.29, 1.82) is 0 Å². The Balaban J connectivity index is 1.49. The number of hydrogen-bond acceptors (Lipinski definition) is 1. The Morgan fingerprint density at radius 1 is 1.08 bits per heavy atom. The van der Waals surface area contributed by atoms with Crippen LogP contribution >= 0.6 is 0 Å². The van der Waals surface area contributed by atoms with E-state index in [-0.39, 0.29) is 35.4 Å². The Morgan fingerprint density at radius 3 is 2.58 bits per heavy atom. The second-order valence-electron chi connectivity index (χ2n) is 6.80. The number of nitrogens with zero attached hydrogens (tertiary/aromatic N) is 1. The molecule has 0 spiro atoms. The molecule has 2 aromatic rings. The average molecular weight is 327 g/mol. The van der Waals surface area contributed by atoms with Crippen molar-refractivity contribution in [1.82, 2.24) is 4.90 Å². The third kappa shape index (κ3) is 3.05. The van der Waals surface area contributed by atoms with E-state index in [1.807, 2.05) is 17.0 Å². The molecule has 1 amide bonds. The Morgan fingerprint density at radius 2 is 1.88 bits per heavy atom. The lowest BCUT2D eigenvalue weighted by atomic mass is 10.1. The molecule has 2 aliphatic carbocycles. The molecule has 2 nitrogen and oxygen atoms in total. The van der Waals surface area contributed by atoms with Gasteiger partial charge >= 0.3 is 0 Å². The molecule has 0 N–H and O–H groups in total. The van der Waals surface area contributed by atoms with Gasteiger partial charge in [-0.05, 0) is 54.5 Å². The van der Waals surface area contributed by atoms with Gasteiger partial charge in [-0.3, -0.25) is 4.79 Å². The van der Waals surface area contributed by atoms with Crippen LogP contribution in [0.25, 0.3) is 0 Å². The largest absolute Gasteiger partial charge is 0.335 e. The van der Waals surface area contributed by atoms with E-state index in [0.29, 0.717) is 18.5 Å². The lowest BCUT2D eigenvalue weighted by molar-refractivity contribution is -0.133. The van der Waals surface area contributed by atoms with Crippen molar-refractivity contribution >= 4 is 5.91 Å². The van der Waals surface area contributed by atoms with Crippen LogP contribution in [0.1, 0.15) is 36.3 Å². The van der Waals surface area contributed by atoms with Crippen LogP contribution in [0.3, 0.4) is 0 Å². The number of rotatable bonds is 5. The van der Waals surface area contributed by atoms with Crippen LogP contribution in [0.15, 0.2) is 48.5 Å². The van der Waals surface area contributed by atoms with Gasteiger partial charge in [0.1, 0.15) is 11.6 Å². The lowest BCUT2D eigenvalue weighted by Gasteiger charge is -2.23. The van der Waals surface area contributed by atoms with Crippen molar-refractivity contribution in [2.75, 3.05) is 0 Å². The molecule has 2 saturated carbocycles. The van der Waals surface area contributed by atoms with E-state index in [1.54, 1.807) is 18.2 Å². The number of halogens is 2. The van der Waals surface area contributed by atoms with Crippen molar-refractivity contribution in [3.63, 3.8) is 0 Å². The van der Waals surface area contributed by atoms with Crippen molar-refractivity contribution in [3.05, 3.63) is 71.3 Å². The second kappa shape index (κ2) is 6.00. The highest BCUT2D eigenvalue weighted by atomic mass is 19.1. The molecule has 0 aliphatic heterocycles. The van der Waals surface area contributed by atoms with Gasteiger partial charge in [0.2, 0.25) is 5.91 Å². The molecule has 2 aromatic carbocycles. The Hall–Kier alpha value is -2.23. The van der Waals surface area contributed by atoms with Crippen molar-refractivity contribution in [3.8, 4) is 0 Å². The number of benzene rings is 2. The zero-order valence-corrected chi connectivity index (χ0v) is 13.3. The molecule has 24 heavy (non-hydrogen) atoms. The molecule has 0 bridgehead atoms. The van der Waals surface area contributed by atoms with E-state index >= 15 is 0 Å². The van der Waals surface area contributed by atoms with Crippen molar-refractivity contribution in [2.24, 2.45) is 5.92 Å². The van der Waals surface area contributed by atoms with E-state index in [2.05, 4.69) is 0 Å². The third-order valence-electron chi connectivity index (χ3n) is 4.93. The minimum Gasteiger partial charge on any atom is -0.335 e. The van der Waals surface area contributed by atoms with Gasteiger partial charge in [-0.1, -0.05) is 30.3 Å². The van der Waals surface area contributed by atoms with Gasteiger partial charge in [-0.25, -0.2) is 8.78 Å². The molecule has 2 unspecified atom stereocenters. The number of amides is 1. The average Bonchev–Trinajstić information content (AvgIpc) is 3.46. The van der Waals surface area contributed by atoms with Crippen molar-refractivity contribution < 1.29 is 13.6 Å². The summed E-state index contributed by atoms with van der Waals surface area (Å²) in [6, 6.07) is 13.3. The maximum atomic E-state index is 13.9. The first-order valence-corrected chi connectivity index (χ1v) is 8.43. The summed E-state index contributed by atoms with van der Waals surface area (Å²) in [7, 11) is 0. The molecule has 4 heteroatoms. The normalized spacial score (nSPS) is 22.2. The molecule has 0 aromatic heterocycles. The van der Waals surface area contributed by atoms with Crippen LogP contribution in [-0.4, -0.2) is 16.8 Å². The zero-order valence-electron chi connectivity index (χ0n) is 13.3. The van der Waals surface area contributed by atoms with Crippen LogP contribution in [0.4, 0.5) is 8.78 Å². The lowest BCUT2D eigenvalue weighted by Crippen LogP contribution is -2.34. The molecule has 2 aliphatic rings. The van der Waals surface area contributed by atoms with Gasteiger partial charge < -0.3 is 4.90 Å². The van der Waals surface area contributed by atoms with Gasteiger partial charge in [-0.15, -0.1) is 0 Å². The maximum Gasteiger partial charge on any atom is 0.226 e. The Kier molecular flexibility index (Phi) is 3.83. The predicted octanol–water partition coefficient (Wildman–Crippen LogP) is 4.26. The summed E-state index contributed by atoms with van der Waals surface area (Å²) in [4.78, 5) is 14.7. The van der Waals surface area contributed by atoms with Crippen LogP contribution in [0, 0.1) is 17.6 Å². The van der Waals surface area contributed by atoms with Gasteiger partial charge in [0.05, 0.1) is 0 Å². The Labute approximate surface area is 140 Å².